The molecule has 112 valence electrons. The zero-order valence-corrected chi connectivity index (χ0v) is 12.0. The van der Waals surface area contributed by atoms with Gasteiger partial charge in [0.2, 0.25) is 0 Å². The van der Waals surface area contributed by atoms with Crippen LogP contribution in [0.5, 0.6) is 0 Å². The molecule has 2 saturated heterocycles. The highest BCUT2D eigenvalue weighted by Gasteiger charge is 2.39. The number of fused-ring (bicyclic) bond motifs is 1. The van der Waals surface area contributed by atoms with Crippen molar-refractivity contribution in [1.82, 2.24) is 9.80 Å². The van der Waals surface area contributed by atoms with E-state index in [9.17, 15) is 9.59 Å². The maximum Gasteiger partial charge on any atom is 0.320 e. The highest BCUT2D eigenvalue weighted by molar-refractivity contribution is 5.78. The number of carboxylic acid groups (broad SMARTS) is 1. The normalized spacial score (nSPS) is 33.9. The highest BCUT2D eigenvalue weighted by Crippen LogP contribution is 2.36. The molecule has 0 radical (unpaired) electrons. The number of hydrogen-bond donors (Lipinski definition) is 1. The molecule has 3 fully saturated rings. The Morgan fingerprint density at radius 2 is 1.70 bits per heavy atom. The molecule has 0 spiro atoms. The second-order valence-corrected chi connectivity index (χ2v) is 6.50. The van der Waals surface area contributed by atoms with Gasteiger partial charge in [-0.05, 0) is 38.0 Å². The van der Waals surface area contributed by atoms with E-state index < -0.39 is 5.97 Å². The number of carboxylic acids is 1. The van der Waals surface area contributed by atoms with Crippen molar-refractivity contribution < 1.29 is 14.7 Å². The van der Waals surface area contributed by atoms with Crippen molar-refractivity contribution in [3.05, 3.63) is 0 Å². The Bertz CT molecular complexity index is 397. The zero-order chi connectivity index (χ0) is 14.1. The Labute approximate surface area is 119 Å². The molecule has 2 aliphatic heterocycles. The first-order valence-corrected chi connectivity index (χ1v) is 7.95. The highest BCUT2D eigenvalue weighted by atomic mass is 16.4. The van der Waals surface area contributed by atoms with Gasteiger partial charge in [0.1, 0.15) is 0 Å². The largest absolute Gasteiger partial charge is 0.481 e. The minimum absolute atomic E-state index is 0.0883. The first-order chi connectivity index (χ1) is 9.66. The van der Waals surface area contributed by atoms with Crippen molar-refractivity contribution in [2.24, 2.45) is 11.8 Å². The molecule has 0 bridgehead atoms. The number of aliphatic carboxylic acids is 1. The van der Waals surface area contributed by atoms with E-state index in [0.29, 0.717) is 31.5 Å². The summed E-state index contributed by atoms with van der Waals surface area (Å²) >= 11 is 0. The summed E-state index contributed by atoms with van der Waals surface area (Å²) in [6, 6.07) is 0.499. The average molecular weight is 280 g/mol. The number of nitrogens with zero attached hydrogens (tertiary/aromatic N) is 2. The Hall–Kier alpha value is -1.26. The molecule has 2 heterocycles. The van der Waals surface area contributed by atoms with Gasteiger partial charge in [-0.3, -0.25) is 4.79 Å². The van der Waals surface area contributed by atoms with E-state index in [4.69, 9.17) is 5.11 Å². The van der Waals surface area contributed by atoms with Crippen LogP contribution < -0.4 is 0 Å². The van der Waals surface area contributed by atoms with Gasteiger partial charge in [-0.25, -0.2) is 4.79 Å². The summed E-state index contributed by atoms with van der Waals surface area (Å²) < 4.78 is 0. The summed E-state index contributed by atoms with van der Waals surface area (Å²) in [5.74, 6) is -0.459. The van der Waals surface area contributed by atoms with Crippen molar-refractivity contribution in [1.29, 1.82) is 0 Å². The fraction of sp³-hybridized carbons (Fsp3) is 0.867. The minimum Gasteiger partial charge on any atom is -0.481 e. The molecule has 1 N–H and O–H groups in total. The number of carbonyl (C=O) groups excluding carboxylic acids is 1. The number of rotatable bonds is 1. The van der Waals surface area contributed by atoms with Crippen molar-refractivity contribution in [3.63, 3.8) is 0 Å². The summed E-state index contributed by atoms with van der Waals surface area (Å²) in [5.41, 5.74) is 0. The van der Waals surface area contributed by atoms with Gasteiger partial charge in [-0.15, -0.1) is 0 Å². The molecule has 1 aliphatic carbocycles. The molecule has 20 heavy (non-hydrogen) atoms. The summed E-state index contributed by atoms with van der Waals surface area (Å²) in [6.07, 6.45) is 7.87. The van der Waals surface area contributed by atoms with Crippen LogP contribution in [0.1, 0.15) is 44.9 Å². The molecule has 3 aliphatic rings. The molecule has 5 heteroatoms. The minimum atomic E-state index is -0.769. The summed E-state index contributed by atoms with van der Waals surface area (Å²) in [5, 5.41) is 9.06. The molecule has 5 nitrogen and oxygen atoms in total. The van der Waals surface area contributed by atoms with Crippen LogP contribution in [0.4, 0.5) is 4.79 Å². The zero-order valence-electron chi connectivity index (χ0n) is 12.0. The van der Waals surface area contributed by atoms with Gasteiger partial charge >= 0.3 is 12.0 Å². The van der Waals surface area contributed by atoms with E-state index in [1.54, 1.807) is 4.90 Å². The molecular weight excluding hydrogens is 256 g/mol. The number of hydrogen-bond acceptors (Lipinski definition) is 2. The predicted octanol–water partition coefficient (Wildman–Crippen LogP) is 2.17. The Balaban J connectivity index is 1.65. The lowest BCUT2D eigenvalue weighted by Crippen LogP contribution is -2.53. The van der Waals surface area contributed by atoms with E-state index in [0.717, 1.165) is 19.4 Å². The van der Waals surface area contributed by atoms with Gasteiger partial charge < -0.3 is 14.9 Å². The van der Waals surface area contributed by atoms with Gasteiger partial charge in [0.25, 0.3) is 0 Å². The van der Waals surface area contributed by atoms with E-state index in [1.165, 1.54) is 25.7 Å². The van der Waals surface area contributed by atoms with Crippen molar-refractivity contribution >= 4 is 12.0 Å². The number of carbonyl (C=O) groups is 2. The lowest BCUT2D eigenvalue weighted by molar-refractivity contribution is -0.141. The van der Waals surface area contributed by atoms with Gasteiger partial charge in [-0.1, -0.05) is 12.8 Å². The maximum absolute atomic E-state index is 12.7. The van der Waals surface area contributed by atoms with Crippen molar-refractivity contribution in [2.45, 2.75) is 51.0 Å². The smallest absolute Gasteiger partial charge is 0.320 e. The van der Waals surface area contributed by atoms with Gasteiger partial charge in [0.15, 0.2) is 0 Å². The second kappa shape index (κ2) is 5.62. The van der Waals surface area contributed by atoms with E-state index in [2.05, 4.69) is 4.90 Å². The van der Waals surface area contributed by atoms with Crippen LogP contribution in [-0.4, -0.2) is 52.6 Å². The van der Waals surface area contributed by atoms with Gasteiger partial charge in [-0.2, -0.15) is 0 Å². The van der Waals surface area contributed by atoms with E-state index in [1.807, 2.05) is 0 Å². The topological polar surface area (TPSA) is 60.9 Å². The predicted molar refractivity (Wildman–Crippen MR) is 74.4 cm³/mol. The van der Waals surface area contributed by atoms with Crippen LogP contribution in [0, 0.1) is 11.8 Å². The first-order valence-electron chi connectivity index (χ1n) is 7.95. The third-order valence-corrected chi connectivity index (χ3v) is 5.30. The van der Waals surface area contributed by atoms with Crippen LogP contribution in [0.15, 0.2) is 0 Å². The van der Waals surface area contributed by atoms with Crippen LogP contribution >= 0.6 is 0 Å². The van der Waals surface area contributed by atoms with Gasteiger partial charge in [0, 0.05) is 25.7 Å². The first kappa shape index (κ1) is 13.7. The summed E-state index contributed by atoms with van der Waals surface area (Å²) in [4.78, 5) is 27.5. The number of urea groups is 1. The molecule has 0 aromatic carbocycles. The molecular formula is C15H24N2O3. The van der Waals surface area contributed by atoms with Gasteiger partial charge in [0.05, 0.1) is 5.92 Å². The van der Waals surface area contributed by atoms with Crippen molar-refractivity contribution in [2.75, 3.05) is 19.6 Å². The molecule has 2 amide bonds. The van der Waals surface area contributed by atoms with E-state index in [-0.39, 0.29) is 11.9 Å². The fourth-order valence-electron chi connectivity index (χ4n) is 4.18. The second-order valence-electron chi connectivity index (χ2n) is 6.50. The molecule has 3 rings (SSSR count). The third-order valence-electron chi connectivity index (χ3n) is 5.30. The molecule has 0 aromatic heterocycles. The van der Waals surface area contributed by atoms with Crippen LogP contribution in [0.25, 0.3) is 0 Å². The maximum atomic E-state index is 12.7. The molecule has 3 atom stereocenters. The number of piperidine rings is 1. The fourth-order valence-corrected chi connectivity index (χ4v) is 4.18. The molecule has 1 saturated carbocycles. The standard InChI is InChI=1S/C15H24N2O3/c18-14(19)12-7-9-16(10-12)15(20)17-8-3-5-11-4-1-2-6-13(11)17/h11-13H,1-10H2,(H,18,19). The van der Waals surface area contributed by atoms with Crippen LogP contribution in [0.2, 0.25) is 0 Å². The Kier molecular flexibility index (Phi) is 3.85. The third kappa shape index (κ3) is 2.50. The summed E-state index contributed by atoms with van der Waals surface area (Å²) in [6.45, 7) is 1.85. The van der Waals surface area contributed by atoms with Crippen LogP contribution in [-0.2, 0) is 4.79 Å². The molecule has 3 unspecified atom stereocenters. The average Bonchev–Trinajstić information content (AvgIpc) is 2.96. The lowest BCUT2D eigenvalue weighted by Gasteiger charge is -2.45. The summed E-state index contributed by atoms with van der Waals surface area (Å²) in [7, 11) is 0. The Morgan fingerprint density at radius 1 is 0.950 bits per heavy atom. The Morgan fingerprint density at radius 3 is 2.45 bits per heavy atom. The molecule has 0 aromatic rings. The van der Waals surface area contributed by atoms with Crippen molar-refractivity contribution in [3.8, 4) is 0 Å². The monoisotopic (exact) mass is 280 g/mol. The van der Waals surface area contributed by atoms with E-state index >= 15 is 0 Å². The number of likely N-dealkylation sites (tertiary alicyclic amines) is 2. The lowest BCUT2D eigenvalue weighted by atomic mass is 9.78. The van der Waals surface area contributed by atoms with Crippen LogP contribution in [0.3, 0.4) is 0 Å². The number of amides is 2. The SMILES string of the molecule is O=C(O)C1CCN(C(=O)N2CCCC3CCCCC32)C1. The quantitative estimate of drug-likeness (QED) is 0.800.